The summed E-state index contributed by atoms with van der Waals surface area (Å²) in [5.41, 5.74) is 1.70. The molecule has 0 fully saturated rings. The van der Waals surface area contributed by atoms with Crippen LogP contribution in [0.5, 0.6) is 0 Å². The quantitative estimate of drug-likeness (QED) is 0.758. The van der Waals surface area contributed by atoms with Crippen molar-refractivity contribution in [3.05, 3.63) is 54.1 Å². The van der Waals surface area contributed by atoms with Crippen molar-refractivity contribution >= 4 is 5.97 Å². The fraction of sp³-hybridized carbons (Fsp3) is 0.375. The van der Waals surface area contributed by atoms with Gasteiger partial charge in [-0.2, -0.15) is 0 Å². The van der Waals surface area contributed by atoms with E-state index < -0.39 is 0 Å². The Morgan fingerprint density at radius 1 is 1.35 bits per heavy atom. The minimum absolute atomic E-state index is 0.297. The number of rotatable bonds is 6. The number of imidazole rings is 1. The second kappa shape index (κ2) is 6.89. The lowest BCUT2D eigenvalue weighted by Gasteiger charge is -2.12. The molecule has 1 unspecified atom stereocenters. The highest BCUT2D eigenvalue weighted by molar-refractivity contribution is 5.86. The highest BCUT2D eigenvalue weighted by Gasteiger charge is 2.12. The van der Waals surface area contributed by atoms with Gasteiger partial charge in [0.1, 0.15) is 0 Å². The number of nitrogens with zero attached hydrogens (tertiary/aromatic N) is 2. The molecule has 1 atom stereocenters. The summed E-state index contributed by atoms with van der Waals surface area (Å²) in [6.07, 6.45) is 5.47. The van der Waals surface area contributed by atoms with E-state index in [0.717, 1.165) is 12.8 Å². The summed E-state index contributed by atoms with van der Waals surface area (Å²) < 4.78 is 6.90. The lowest BCUT2D eigenvalue weighted by molar-refractivity contribution is 0.0520. The molecule has 2 aromatic rings. The predicted octanol–water partition coefficient (Wildman–Crippen LogP) is 3.25. The van der Waals surface area contributed by atoms with Gasteiger partial charge in [-0.25, -0.2) is 9.78 Å². The molecular weight excluding hydrogens is 252 g/mol. The van der Waals surface area contributed by atoms with Crippen LogP contribution in [0.3, 0.4) is 0 Å². The number of carbonyl (C=O) groups excluding carboxylic acids is 1. The summed E-state index contributed by atoms with van der Waals surface area (Å²) in [4.78, 5) is 15.7. The van der Waals surface area contributed by atoms with Crippen LogP contribution in [-0.2, 0) is 11.2 Å². The van der Waals surface area contributed by atoms with Crippen LogP contribution in [0.4, 0.5) is 0 Å². The molecule has 1 heterocycles. The summed E-state index contributed by atoms with van der Waals surface area (Å²) in [6, 6.07) is 10.7. The van der Waals surface area contributed by atoms with E-state index in [0.29, 0.717) is 18.3 Å². The minimum Gasteiger partial charge on any atom is -0.461 e. The molecule has 0 radical (unpaired) electrons. The summed E-state index contributed by atoms with van der Waals surface area (Å²) in [6.45, 7) is 4.28. The van der Waals surface area contributed by atoms with Crippen LogP contribution in [0.15, 0.2) is 42.9 Å². The van der Waals surface area contributed by atoms with Gasteiger partial charge in [0.05, 0.1) is 12.9 Å². The normalized spacial score (nSPS) is 12.1. The largest absolute Gasteiger partial charge is 0.461 e. The van der Waals surface area contributed by atoms with E-state index in [1.54, 1.807) is 19.4 Å². The van der Waals surface area contributed by atoms with E-state index in [4.69, 9.17) is 4.74 Å². The average Bonchev–Trinajstić information content (AvgIpc) is 2.96. The van der Waals surface area contributed by atoms with Gasteiger partial charge in [-0.15, -0.1) is 0 Å². The first-order valence-corrected chi connectivity index (χ1v) is 6.95. The molecule has 0 aliphatic rings. The maximum Gasteiger partial charge on any atom is 0.358 e. The Kier molecular flexibility index (Phi) is 4.93. The van der Waals surface area contributed by atoms with E-state index in [1.807, 2.05) is 10.6 Å². The van der Waals surface area contributed by atoms with Crippen LogP contribution >= 0.6 is 0 Å². The Bertz CT molecular complexity index is 549. The molecule has 2 rings (SSSR count). The third kappa shape index (κ3) is 3.70. The van der Waals surface area contributed by atoms with Crippen molar-refractivity contribution in [2.75, 3.05) is 6.61 Å². The molecular formula is C16H20N2O2. The van der Waals surface area contributed by atoms with Gasteiger partial charge in [-0.1, -0.05) is 30.3 Å². The second-order valence-electron chi connectivity index (χ2n) is 4.80. The molecule has 0 saturated heterocycles. The maximum absolute atomic E-state index is 11.6. The number of ether oxygens (including phenoxy) is 1. The van der Waals surface area contributed by atoms with Crippen LogP contribution in [0, 0.1) is 0 Å². The lowest BCUT2D eigenvalue weighted by atomic mass is 10.1. The van der Waals surface area contributed by atoms with Gasteiger partial charge in [-0.05, 0) is 32.3 Å². The highest BCUT2D eigenvalue weighted by Crippen LogP contribution is 2.15. The van der Waals surface area contributed by atoms with Gasteiger partial charge in [0.15, 0.2) is 5.69 Å². The molecule has 4 nitrogen and oxygen atoms in total. The molecule has 0 aliphatic carbocycles. The molecule has 0 N–H and O–H groups in total. The second-order valence-corrected chi connectivity index (χ2v) is 4.80. The van der Waals surface area contributed by atoms with Crippen molar-refractivity contribution in [3.63, 3.8) is 0 Å². The van der Waals surface area contributed by atoms with Gasteiger partial charge < -0.3 is 9.30 Å². The van der Waals surface area contributed by atoms with Crippen LogP contribution in [0.1, 0.15) is 42.4 Å². The molecule has 20 heavy (non-hydrogen) atoms. The van der Waals surface area contributed by atoms with E-state index in [-0.39, 0.29) is 5.97 Å². The molecule has 0 bridgehead atoms. The van der Waals surface area contributed by atoms with Crippen molar-refractivity contribution in [3.8, 4) is 0 Å². The van der Waals surface area contributed by atoms with Gasteiger partial charge in [-0.3, -0.25) is 0 Å². The van der Waals surface area contributed by atoms with E-state index in [9.17, 15) is 4.79 Å². The maximum atomic E-state index is 11.6. The first-order chi connectivity index (χ1) is 9.70. The Morgan fingerprint density at radius 2 is 2.10 bits per heavy atom. The van der Waals surface area contributed by atoms with Gasteiger partial charge >= 0.3 is 5.97 Å². The zero-order valence-corrected chi connectivity index (χ0v) is 12.0. The Labute approximate surface area is 119 Å². The van der Waals surface area contributed by atoms with Crippen LogP contribution in [0.2, 0.25) is 0 Å². The number of hydrogen-bond donors (Lipinski definition) is 0. The zero-order valence-electron chi connectivity index (χ0n) is 12.0. The van der Waals surface area contributed by atoms with Crippen molar-refractivity contribution in [1.82, 2.24) is 9.55 Å². The van der Waals surface area contributed by atoms with Gasteiger partial charge in [0.25, 0.3) is 0 Å². The molecule has 0 amide bonds. The first-order valence-electron chi connectivity index (χ1n) is 6.95. The minimum atomic E-state index is -0.360. The number of benzene rings is 1. The van der Waals surface area contributed by atoms with Gasteiger partial charge in [0.2, 0.25) is 0 Å². The Morgan fingerprint density at radius 3 is 2.80 bits per heavy atom. The monoisotopic (exact) mass is 272 g/mol. The fourth-order valence-electron chi connectivity index (χ4n) is 2.06. The fourth-order valence-corrected chi connectivity index (χ4v) is 2.06. The topological polar surface area (TPSA) is 44.1 Å². The Hall–Kier alpha value is -2.10. The predicted molar refractivity (Wildman–Crippen MR) is 77.7 cm³/mol. The third-order valence-corrected chi connectivity index (χ3v) is 3.29. The summed E-state index contributed by atoms with van der Waals surface area (Å²) in [7, 11) is 0. The molecule has 106 valence electrons. The van der Waals surface area contributed by atoms with Crippen molar-refractivity contribution < 1.29 is 9.53 Å². The molecule has 1 aromatic heterocycles. The van der Waals surface area contributed by atoms with Crippen molar-refractivity contribution in [1.29, 1.82) is 0 Å². The number of aryl methyl sites for hydroxylation is 1. The molecule has 4 heteroatoms. The van der Waals surface area contributed by atoms with Crippen molar-refractivity contribution in [2.24, 2.45) is 0 Å². The average molecular weight is 272 g/mol. The number of hydrogen-bond acceptors (Lipinski definition) is 3. The van der Waals surface area contributed by atoms with E-state index >= 15 is 0 Å². The molecule has 0 spiro atoms. The Balaban J connectivity index is 1.92. The highest BCUT2D eigenvalue weighted by atomic mass is 16.5. The standard InChI is InChI=1S/C16H20N2O2/c1-3-20-16(19)15-11-18(12-17-15)13(2)9-10-14-7-5-4-6-8-14/h4-8,11-13H,3,9-10H2,1-2H3. The molecule has 1 aromatic carbocycles. The smallest absolute Gasteiger partial charge is 0.358 e. The zero-order chi connectivity index (χ0) is 14.4. The van der Waals surface area contributed by atoms with Crippen LogP contribution in [-0.4, -0.2) is 22.1 Å². The summed E-state index contributed by atoms with van der Waals surface area (Å²) in [5, 5.41) is 0. The summed E-state index contributed by atoms with van der Waals surface area (Å²) in [5.74, 6) is -0.360. The van der Waals surface area contributed by atoms with Crippen LogP contribution < -0.4 is 0 Å². The SMILES string of the molecule is CCOC(=O)c1cn(C(C)CCc2ccccc2)cn1. The third-order valence-electron chi connectivity index (χ3n) is 3.29. The number of carbonyl (C=O) groups is 1. The first kappa shape index (κ1) is 14.3. The summed E-state index contributed by atoms with van der Waals surface area (Å²) >= 11 is 0. The molecule has 0 saturated carbocycles. The lowest BCUT2D eigenvalue weighted by Crippen LogP contribution is -2.06. The van der Waals surface area contributed by atoms with E-state index in [2.05, 4.69) is 36.2 Å². The van der Waals surface area contributed by atoms with Gasteiger partial charge in [0, 0.05) is 12.2 Å². The van der Waals surface area contributed by atoms with Crippen LogP contribution in [0.25, 0.3) is 0 Å². The van der Waals surface area contributed by atoms with E-state index in [1.165, 1.54) is 5.56 Å². The molecule has 0 aliphatic heterocycles. The van der Waals surface area contributed by atoms with Crippen molar-refractivity contribution in [2.45, 2.75) is 32.7 Å². The number of esters is 1. The number of aromatic nitrogens is 2.